The van der Waals surface area contributed by atoms with Gasteiger partial charge in [-0.15, -0.1) is 10.2 Å². The second-order valence-electron chi connectivity index (χ2n) is 7.17. The molecule has 1 heterocycles. The summed E-state index contributed by atoms with van der Waals surface area (Å²) >= 11 is 0.819. The number of hydrogen-bond acceptors (Lipinski definition) is 5. The van der Waals surface area contributed by atoms with E-state index in [1.165, 1.54) is 13.8 Å². The van der Waals surface area contributed by atoms with Crippen molar-refractivity contribution in [1.82, 2.24) is 14.8 Å². The normalized spacial score (nSPS) is 12.9. The Labute approximate surface area is 164 Å². The number of fused-ring (bicyclic) bond motifs is 1. The summed E-state index contributed by atoms with van der Waals surface area (Å²) in [6.45, 7) is 6.76. The molecule has 1 aromatic heterocycles. The number of aliphatic hydroxyl groups excluding tert-OH is 1. The molecule has 0 amide bonds. The average molecular weight is 411 g/mol. The van der Waals surface area contributed by atoms with E-state index in [-0.39, 0.29) is 10.8 Å². The molecule has 0 aliphatic rings. The molecule has 3 rings (SSSR count). The van der Waals surface area contributed by atoms with Crippen LogP contribution in [-0.2, 0) is 6.18 Å². The minimum Gasteiger partial charge on any atom is -0.367 e. The lowest BCUT2D eigenvalue weighted by Crippen LogP contribution is -2.32. The number of rotatable bonds is 4. The van der Waals surface area contributed by atoms with Crippen molar-refractivity contribution in [2.24, 2.45) is 0 Å². The Morgan fingerprint density at radius 2 is 1.68 bits per heavy atom. The van der Waals surface area contributed by atoms with Crippen molar-refractivity contribution in [2.45, 2.75) is 50.1 Å². The Kier molecular flexibility index (Phi) is 5.20. The quantitative estimate of drug-likeness (QED) is 0.496. The molecule has 150 valence electrons. The van der Waals surface area contributed by atoms with E-state index in [1.54, 1.807) is 12.1 Å². The summed E-state index contributed by atoms with van der Waals surface area (Å²) in [6, 6.07) is 8.93. The van der Waals surface area contributed by atoms with E-state index >= 15 is 0 Å². The second kappa shape index (κ2) is 7.06. The van der Waals surface area contributed by atoms with E-state index in [2.05, 4.69) is 10.2 Å². The largest absolute Gasteiger partial charge is 0.452 e. The molecule has 0 aliphatic heterocycles. The summed E-state index contributed by atoms with van der Waals surface area (Å²) in [5.74, 6) is -1.16. The molecular formula is C19H20F3N3O2S. The van der Waals surface area contributed by atoms with Crippen LogP contribution in [0.4, 0.5) is 13.2 Å². The number of hydrogen-bond donors (Lipinski definition) is 2. The summed E-state index contributed by atoms with van der Waals surface area (Å²) in [5, 5.41) is 27.6. The SMILES string of the molecule is Cc1ccc2c(C)ccc(-n3c(SC(C)(C)C(O)O)nnc3C(F)(F)F)c2c1. The Hall–Kier alpha value is -2.10. The third-order valence-corrected chi connectivity index (χ3v) is 5.65. The molecule has 0 saturated heterocycles. The Morgan fingerprint density at radius 1 is 1.00 bits per heavy atom. The summed E-state index contributed by atoms with van der Waals surface area (Å²) < 4.78 is 40.7. The van der Waals surface area contributed by atoms with E-state index in [1.807, 2.05) is 32.0 Å². The van der Waals surface area contributed by atoms with Crippen LogP contribution in [0.2, 0.25) is 0 Å². The highest BCUT2D eigenvalue weighted by atomic mass is 32.2. The number of thioether (sulfide) groups is 1. The van der Waals surface area contributed by atoms with E-state index < -0.39 is 23.0 Å². The van der Waals surface area contributed by atoms with Crippen LogP contribution < -0.4 is 0 Å². The van der Waals surface area contributed by atoms with Crippen molar-refractivity contribution in [3.8, 4) is 5.69 Å². The van der Waals surface area contributed by atoms with Gasteiger partial charge in [-0.1, -0.05) is 35.5 Å². The first-order valence-corrected chi connectivity index (χ1v) is 9.31. The summed E-state index contributed by atoms with van der Waals surface area (Å²) in [5.41, 5.74) is 2.12. The molecule has 0 unspecified atom stereocenters. The predicted molar refractivity (Wildman–Crippen MR) is 102 cm³/mol. The Balaban J connectivity index is 2.32. The van der Waals surface area contributed by atoms with E-state index in [0.717, 1.165) is 32.8 Å². The van der Waals surface area contributed by atoms with Gasteiger partial charge in [0.05, 0.1) is 10.4 Å². The monoisotopic (exact) mass is 411 g/mol. The van der Waals surface area contributed by atoms with Gasteiger partial charge in [0.2, 0.25) is 5.82 Å². The molecule has 28 heavy (non-hydrogen) atoms. The van der Waals surface area contributed by atoms with Crippen molar-refractivity contribution in [1.29, 1.82) is 0 Å². The van der Waals surface area contributed by atoms with Crippen molar-refractivity contribution >= 4 is 22.5 Å². The first-order valence-electron chi connectivity index (χ1n) is 8.50. The highest BCUT2D eigenvalue weighted by Crippen LogP contribution is 2.40. The van der Waals surface area contributed by atoms with Crippen molar-refractivity contribution in [3.63, 3.8) is 0 Å². The fourth-order valence-corrected chi connectivity index (χ4v) is 3.75. The number of nitrogens with zero attached hydrogens (tertiary/aromatic N) is 3. The zero-order valence-corrected chi connectivity index (χ0v) is 16.6. The van der Waals surface area contributed by atoms with Crippen LogP contribution in [0.1, 0.15) is 30.8 Å². The third-order valence-electron chi connectivity index (χ3n) is 4.47. The maximum Gasteiger partial charge on any atom is 0.452 e. The lowest BCUT2D eigenvalue weighted by atomic mass is 10.0. The number of halogens is 3. The van der Waals surface area contributed by atoms with Crippen LogP contribution in [0.15, 0.2) is 35.5 Å². The molecule has 5 nitrogen and oxygen atoms in total. The maximum atomic E-state index is 13.7. The van der Waals surface area contributed by atoms with Crippen molar-refractivity contribution < 1.29 is 23.4 Å². The Morgan fingerprint density at radius 3 is 2.29 bits per heavy atom. The molecule has 3 aromatic rings. The lowest BCUT2D eigenvalue weighted by molar-refractivity contribution is -0.146. The van der Waals surface area contributed by atoms with Gasteiger partial charge in [0.25, 0.3) is 0 Å². The van der Waals surface area contributed by atoms with E-state index in [9.17, 15) is 23.4 Å². The van der Waals surface area contributed by atoms with Gasteiger partial charge in [-0.3, -0.25) is 4.57 Å². The molecule has 0 saturated carbocycles. The van der Waals surface area contributed by atoms with Gasteiger partial charge >= 0.3 is 6.18 Å². The third kappa shape index (κ3) is 3.74. The average Bonchev–Trinajstić information content (AvgIpc) is 2.98. The zero-order chi connectivity index (χ0) is 20.9. The molecule has 2 aromatic carbocycles. The van der Waals surface area contributed by atoms with Crippen LogP contribution in [-0.4, -0.2) is 36.0 Å². The van der Waals surface area contributed by atoms with Crippen LogP contribution in [0.3, 0.4) is 0 Å². The van der Waals surface area contributed by atoms with Crippen LogP contribution in [0, 0.1) is 13.8 Å². The van der Waals surface area contributed by atoms with Gasteiger partial charge in [-0.2, -0.15) is 13.2 Å². The van der Waals surface area contributed by atoms with Gasteiger partial charge in [-0.05, 0) is 50.8 Å². The number of aromatic nitrogens is 3. The summed E-state index contributed by atoms with van der Waals surface area (Å²) in [6.07, 6.45) is -6.48. The molecule has 9 heteroatoms. The standard InChI is InChI=1S/C19H20F3N3O2S/c1-10-5-7-12-11(2)6-8-14(13(12)9-10)25-15(19(20,21)22)23-24-17(25)28-18(3,4)16(26)27/h5-9,16,26-27H,1-4H3. The number of aryl methyl sites for hydroxylation is 2. The smallest absolute Gasteiger partial charge is 0.367 e. The molecule has 0 fully saturated rings. The van der Waals surface area contributed by atoms with Crippen LogP contribution >= 0.6 is 11.8 Å². The zero-order valence-electron chi connectivity index (χ0n) is 15.7. The van der Waals surface area contributed by atoms with Gasteiger partial charge in [-0.25, -0.2) is 0 Å². The van der Waals surface area contributed by atoms with E-state index in [4.69, 9.17) is 0 Å². The topological polar surface area (TPSA) is 71.2 Å². The molecule has 0 bridgehead atoms. The molecule has 0 spiro atoms. The summed E-state index contributed by atoms with van der Waals surface area (Å²) in [7, 11) is 0. The lowest BCUT2D eigenvalue weighted by Gasteiger charge is -2.25. The number of alkyl halides is 3. The minimum atomic E-state index is -4.73. The Bertz CT molecular complexity index is 1030. The van der Waals surface area contributed by atoms with Gasteiger partial charge in [0.15, 0.2) is 11.4 Å². The first-order chi connectivity index (χ1) is 12.9. The number of benzene rings is 2. The fraction of sp³-hybridized carbons (Fsp3) is 0.368. The highest BCUT2D eigenvalue weighted by molar-refractivity contribution is 8.00. The van der Waals surface area contributed by atoms with Crippen LogP contribution in [0.25, 0.3) is 16.5 Å². The molecule has 0 aliphatic carbocycles. The first kappa shape index (κ1) is 20.6. The number of aliphatic hydroxyl groups is 2. The van der Waals surface area contributed by atoms with Gasteiger partial charge < -0.3 is 10.2 Å². The molecule has 0 radical (unpaired) electrons. The molecular weight excluding hydrogens is 391 g/mol. The highest BCUT2D eigenvalue weighted by Gasteiger charge is 2.41. The van der Waals surface area contributed by atoms with Crippen LogP contribution in [0.5, 0.6) is 0 Å². The van der Waals surface area contributed by atoms with Crippen molar-refractivity contribution in [3.05, 3.63) is 47.3 Å². The van der Waals surface area contributed by atoms with Crippen molar-refractivity contribution in [2.75, 3.05) is 0 Å². The maximum absolute atomic E-state index is 13.7. The fourth-order valence-electron chi connectivity index (χ4n) is 2.82. The molecule has 2 N–H and O–H groups in total. The summed E-state index contributed by atoms with van der Waals surface area (Å²) in [4.78, 5) is 0. The second-order valence-corrected chi connectivity index (χ2v) is 8.79. The predicted octanol–water partition coefficient (Wildman–Crippen LogP) is 4.24. The molecule has 0 atom stereocenters. The van der Waals surface area contributed by atoms with E-state index in [0.29, 0.717) is 5.39 Å². The van der Waals surface area contributed by atoms with Gasteiger partial charge in [0.1, 0.15) is 0 Å². The minimum absolute atomic E-state index is 0.0721. The van der Waals surface area contributed by atoms with Gasteiger partial charge in [0, 0.05) is 5.39 Å².